The lowest BCUT2D eigenvalue weighted by atomic mass is 9.52. The maximum atomic E-state index is 17.4. The van der Waals surface area contributed by atoms with Gasteiger partial charge in [0.1, 0.15) is 64.8 Å². The Morgan fingerprint density at radius 2 is 1.11 bits per heavy atom. The number of aromatic nitrogens is 1. The number of ketones is 4. The Hall–Kier alpha value is -7.90. The molecule has 0 radical (unpaired) electrons. The molecule has 7 N–H and O–H groups in total. The maximum Gasteiger partial charge on any atom is 0.265 e. The molecule has 0 bridgehead atoms. The van der Waals surface area contributed by atoms with Crippen molar-refractivity contribution in [3.8, 4) is 17.4 Å². The average molecular weight is 1380 g/mol. The first-order valence-corrected chi connectivity index (χ1v) is 36.7. The van der Waals surface area contributed by atoms with Gasteiger partial charge in [-0.2, -0.15) is 0 Å². The van der Waals surface area contributed by atoms with Crippen molar-refractivity contribution >= 4 is 48.9 Å². The summed E-state index contributed by atoms with van der Waals surface area (Å²) in [4.78, 5) is 78.9. The summed E-state index contributed by atoms with van der Waals surface area (Å²) in [5.74, 6) is -9.44. The molecule has 23 heteroatoms. The topological polar surface area (TPSA) is 279 Å². The highest BCUT2D eigenvalue weighted by molar-refractivity contribution is 6.74. The number of fused-ring (bicyclic) bond motifs is 9. The predicted molar refractivity (Wildman–Crippen MR) is 368 cm³/mol. The number of Topliss-reactive ketones (excluding diaryl/α,β-unsaturated/α-hetero) is 4. The largest absolute Gasteiger partial charge is 0.508 e. The zero-order valence-corrected chi connectivity index (χ0v) is 60.6. The van der Waals surface area contributed by atoms with Gasteiger partial charge in [0.05, 0.1) is 23.2 Å². The molecule has 2 fully saturated rings. The van der Waals surface area contributed by atoms with Crippen LogP contribution in [0.5, 0.6) is 17.4 Å². The molecule has 6 aliphatic carbocycles. The Kier molecular flexibility index (Phi) is 17.1. The van der Waals surface area contributed by atoms with Crippen molar-refractivity contribution in [3.05, 3.63) is 162 Å². The fourth-order valence-corrected chi connectivity index (χ4v) is 18.2. The fraction of sp³-hybridized carbons (Fsp3) is 0.500. The summed E-state index contributed by atoms with van der Waals surface area (Å²) in [5, 5.41) is 62.3. The van der Waals surface area contributed by atoms with E-state index in [9.17, 15) is 39.9 Å². The summed E-state index contributed by atoms with van der Waals surface area (Å²) in [6.07, 6.45) is 0.0688. The minimum absolute atomic E-state index is 0.0201. The standard InChI is InChI=1S/C48H58FN3O7Si.C28H34FN3O7/c1-45(2,3)52-24-31-32(25-52)40(56-26-28-18-14-12-15-19-28)34-30(37(31)49)22-47(7)23-33-38(51(8)9)41-35(44(50-58-41)57-27-29-20-16-13-17-21-29)42(54)48(33,43(55)36(47)39(34)53)59-60(10,11)46(4,5)6;1-26(2,3)32-9-12-13(10-32)20(33)15-11(18(12)29)7-27(4)8-14-19(31(5)6)22(35)16(25(30)38)23(36)28(14,39)24(37)17(27)21(15)34/h12-21,33,38,53H,22-27H2,1-11H3;14,19,33-34,36,39H,7-10H2,1-6H3,(H2,30,38)/t33-,38-,47-,48+;14-,19-,27-,28+/m00/s1. The molecule has 99 heavy (non-hydrogen) atoms. The Morgan fingerprint density at radius 1 is 0.646 bits per heavy atom. The molecule has 528 valence electrons. The molecule has 8 aliphatic rings. The minimum Gasteiger partial charge on any atom is -0.508 e. The van der Waals surface area contributed by atoms with E-state index in [4.69, 9.17) is 24.2 Å². The Labute approximate surface area is 577 Å². The number of hydrogen-bond acceptors (Lipinski definition) is 19. The Morgan fingerprint density at radius 3 is 1.62 bits per heavy atom. The van der Waals surface area contributed by atoms with Gasteiger partial charge in [-0.3, -0.25) is 43.6 Å². The number of phenols is 1. The second-order valence-electron chi connectivity index (χ2n) is 32.9. The molecule has 4 aromatic carbocycles. The summed E-state index contributed by atoms with van der Waals surface area (Å²) in [5.41, 5.74) is 0.342. The number of nitrogens with two attached hydrogens (primary N) is 1. The van der Waals surface area contributed by atoms with Crippen molar-refractivity contribution in [2.45, 2.75) is 194 Å². The molecule has 5 aromatic rings. The van der Waals surface area contributed by atoms with Crippen molar-refractivity contribution in [2.75, 3.05) is 28.2 Å². The third kappa shape index (κ3) is 10.8. The first-order valence-electron chi connectivity index (χ1n) is 33.8. The zero-order chi connectivity index (χ0) is 72.5. The van der Waals surface area contributed by atoms with Gasteiger partial charge in [-0.1, -0.05) is 95.3 Å². The van der Waals surface area contributed by atoms with Crippen LogP contribution in [0.25, 0.3) is 11.5 Å². The van der Waals surface area contributed by atoms with Crippen LogP contribution in [-0.4, -0.2) is 144 Å². The first-order chi connectivity index (χ1) is 46.0. The number of phenolic OH excluding ortho intramolecular Hbond substituents is 1. The van der Waals surface area contributed by atoms with Gasteiger partial charge in [-0.15, -0.1) is 0 Å². The lowest BCUT2D eigenvalue weighted by Gasteiger charge is -2.57. The highest BCUT2D eigenvalue weighted by atomic mass is 28.4. The van der Waals surface area contributed by atoms with Crippen molar-refractivity contribution in [3.63, 3.8) is 0 Å². The second kappa shape index (κ2) is 23.9. The first kappa shape index (κ1) is 70.9. The van der Waals surface area contributed by atoms with Crippen LogP contribution in [0.4, 0.5) is 8.78 Å². The van der Waals surface area contributed by atoms with E-state index in [-0.39, 0.29) is 114 Å². The van der Waals surface area contributed by atoms with E-state index in [1.54, 1.807) is 6.92 Å². The molecule has 3 heterocycles. The number of likely N-dealkylation sites (N-methyl/N-ethyl adjacent to an activating group) is 1. The lowest BCUT2D eigenvalue weighted by Crippen LogP contribution is -2.69. The van der Waals surface area contributed by atoms with Crippen LogP contribution in [0.1, 0.15) is 167 Å². The van der Waals surface area contributed by atoms with Gasteiger partial charge in [0.2, 0.25) is 17.3 Å². The van der Waals surface area contributed by atoms with E-state index < -0.39 is 117 Å². The molecule has 0 saturated heterocycles. The Balaban J connectivity index is 0.000000206. The third-order valence-corrected chi connectivity index (χ3v) is 27.4. The van der Waals surface area contributed by atoms with Gasteiger partial charge < -0.3 is 49.7 Å². The molecule has 8 atom stereocenters. The smallest absolute Gasteiger partial charge is 0.265 e. The normalized spacial score (nSPS) is 26.8. The summed E-state index contributed by atoms with van der Waals surface area (Å²) in [6.45, 7) is 27.4. The number of aromatic hydroxyl groups is 1. The van der Waals surface area contributed by atoms with Crippen LogP contribution in [0, 0.1) is 34.3 Å². The van der Waals surface area contributed by atoms with Crippen LogP contribution in [0.2, 0.25) is 18.1 Å². The van der Waals surface area contributed by atoms with E-state index in [1.807, 2.05) is 125 Å². The van der Waals surface area contributed by atoms with Gasteiger partial charge in [-0.25, -0.2) is 8.78 Å². The van der Waals surface area contributed by atoms with Crippen molar-refractivity contribution in [1.29, 1.82) is 0 Å². The van der Waals surface area contributed by atoms with E-state index in [0.717, 1.165) is 11.1 Å². The number of aliphatic hydroxyl groups is 4. The number of rotatable bonds is 11. The highest BCUT2D eigenvalue weighted by Crippen LogP contribution is 2.65. The summed E-state index contributed by atoms with van der Waals surface area (Å²) in [7, 11) is 3.82. The highest BCUT2D eigenvalue weighted by Gasteiger charge is 2.72. The lowest BCUT2D eigenvalue weighted by molar-refractivity contribution is -0.156. The molecule has 1 amide bonds. The number of carbonyl (C=O) groups is 5. The predicted octanol–water partition coefficient (Wildman–Crippen LogP) is 11.4. The summed E-state index contributed by atoms with van der Waals surface area (Å²) in [6, 6.07) is 17.3. The number of carbonyl (C=O) groups excluding carboxylic acids is 5. The van der Waals surface area contributed by atoms with Crippen LogP contribution in [0.15, 0.2) is 87.7 Å². The zero-order valence-electron chi connectivity index (χ0n) is 59.6. The van der Waals surface area contributed by atoms with Crippen molar-refractivity contribution in [2.24, 2.45) is 28.4 Å². The third-order valence-electron chi connectivity index (χ3n) is 23.0. The Bertz CT molecular complexity index is 4370. The SMILES string of the molecule is CN(C)[C@@H]1C(=O)C(C(N)=O)=C(O)[C@@]2(O)C(=O)C3=C(O)c4c(O)c5c(c(F)c4C[C@@]3(C)C[C@@H]12)CN(C(C)(C)C)C5.CN(C)[C@@H]1c2onc(OCc3ccccc3)c2C(=O)[C@@]2(O[Si](C)(C)C(C)(C)C)C(=O)C3=C(O)c4c(c(F)c5c(c4OCc4ccccc4)CN(C(C)(C)C)C5)C[C@@]3(C)C[C@@H]12. The molecule has 0 unspecified atom stereocenters. The second-order valence-corrected chi connectivity index (χ2v) is 37.6. The van der Waals surface area contributed by atoms with Crippen LogP contribution >= 0.6 is 0 Å². The number of nitrogens with zero attached hydrogens (tertiary/aromatic N) is 5. The van der Waals surface area contributed by atoms with Crippen molar-refractivity contribution < 1.29 is 76.7 Å². The van der Waals surface area contributed by atoms with Crippen molar-refractivity contribution in [1.82, 2.24) is 24.8 Å². The molecule has 0 spiro atoms. The number of benzene rings is 4. The van der Waals surface area contributed by atoms with E-state index in [2.05, 4.69) is 51.6 Å². The van der Waals surface area contributed by atoms with Gasteiger partial charge in [0.25, 0.3) is 11.8 Å². The monoisotopic (exact) mass is 1380 g/mol. The number of ether oxygens (including phenoxy) is 2. The average Bonchev–Trinajstić information content (AvgIpc) is 1.45. The van der Waals surface area contributed by atoms with Crippen LogP contribution in [-0.2, 0) is 75.8 Å². The fourth-order valence-electron chi connectivity index (χ4n) is 16.7. The van der Waals surface area contributed by atoms with Crippen LogP contribution in [0.3, 0.4) is 0 Å². The van der Waals surface area contributed by atoms with Crippen LogP contribution < -0.4 is 15.2 Å². The molecular weight excluding hydrogens is 1290 g/mol. The molecule has 13 rings (SSSR count). The van der Waals surface area contributed by atoms with E-state index >= 15 is 18.4 Å². The van der Waals surface area contributed by atoms with E-state index in [0.29, 0.717) is 52.4 Å². The number of amides is 1. The van der Waals surface area contributed by atoms with E-state index in [1.165, 1.54) is 19.0 Å². The quantitative estimate of drug-likeness (QED) is 0.0407. The molecular formula is C76H92F2N6O14Si. The number of aliphatic hydroxyl groups excluding tert-OH is 3. The number of hydrogen-bond donors (Lipinski definition) is 6. The van der Waals surface area contributed by atoms with Gasteiger partial charge in [0, 0.05) is 104 Å². The summed E-state index contributed by atoms with van der Waals surface area (Å²) >= 11 is 0. The van der Waals surface area contributed by atoms with Gasteiger partial charge in [-0.05, 0) is 130 Å². The molecule has 2 aliphatic heterocycles. The minimum atomic E-state index is -2.98. The summed E-state index contributed by atoms with van der Waals surface area (Å²) < 4.78 is 59.7. The maximum absolute atomic E-state index is 17.4. The van der Waals surface area contributed by atoms with Gasteiger partial charge in [0.15, 0.2) is 31.1 Å². The molecule has 2 saturated carbocycles. The number of halogens is 2. The number of primary amides is 1. The molecule has 20 nitrogen and oxygen atoms in total. The van der Waals surface area contributed by atoms with Gasteiger partial charge >= 0.3 is 0 Å². The molecule has 1 aromatic heterocycles.